The lowest BCUT2D eigenvalue weighted by Gasteiger charge is -2.11. The predicted molar refractivity (Wildman–Crippen MR) is 78.6 cm³/mol. The zero-order valence-electron chi connectivity index (χ0n) is 11.8. The monoisotopic (exact) mass is 287 g/mol. The zero-order valence-corrected chi connectivity index (χ0v) is 11.8. The number of amides is 1. The molecule has 1 N–H and O–H groups in total. The fourth-order valence-corrected chi connectivity index (χ4v) is 1.76. The summed E-state index contributed by atoms with van der Waals surface area (Å²) in [4.78, 5) is 12.1. The second-order valence-electron chi connectivity index (χ2n) is 4.23. The first kappa shape index (κ1) is 14.7. The lowest BCUT2D eigenvalue weighted by molar-refractivity contribution is 0.0947. The summed E-state index contributed by atoms with van der Waals surface area (Å²) in [7, 11) is 1.53. The van der Waals surface area contributed by atoms with Gasteiger partial charge >= 0.3 is 0 Å². The molecule has 0 fully saturated rings. The molecule has 110 valence electrons. The van der Waals surface area contributed by atoms with Crippen molar-refractivity contribution in [2.45, 2.75) is 6.54 Å². The Kier molecular flexibility index (Phi) is 5.04. The van der Waals surface area contributed by atoms with Gasteiger partial charge in [0, 0.05) is 5.56 Å². The predicted octanol–water partition coefficient (Wildman–Crippen LogP) is 2.78. The van der Waals surface area contributed by atoms with Crippen LogP contribution >= 0.6 is 0 Å². The van der Waals surface area contributed by atoms with Crippen molar-refractivity contribution in [3.8, 4) is 11.5 Å². The minimum absolute atomic E-state index is 0.208. The zero-order chi connectivity index (χ0) is 15.1. The van der Waals surface area contributed by atoms with Crippen LogP contribution in [0.2, 0.25) is 0 Å². The van der Waals surface area contributed by atoms with Crippen molar-refractivity contribution < 1.29 is 18.7 Å². The summed E-state index contributed by atoms with van der Waals surface area (Å²) in [5, 5.41) is 2.77. The van der Waals surface area contributed by atoms with Crippen LogP contribution in [0.5, 0.6) is 11.5 Å². The molecule has 1 heterocycles. The lowest BCUT2D eigenvalue weighted by Crippen LogP contribution is -2.22. The number of nitrogens with one attached hydrogen (secondary N) is 1. The Bertz CT molecular complexity index is 605. The average Bonchev–Trinajstić information content (AvgIpc) is 3.03. The maximum absolute atomic E-state index is 12.1. The van der Waals surface area contributed by atoms with E-state index in [1.165, 1.54) is 7.11 Å². The molecule has 0 unspecified atom stereocenters. The quantitative estimate of drug-likeness (QED) is 0.795. The lowest BCUT2D eigenvalue weighted by atomic mass is 10.2. The van der Waals surface area contributed by atoms with Crippen molar-refractivity contribution in [3.63, 3.8) is 0 Å². The second-order valence-corrected chi connectivity index (χ2v) is 4.23. The van der Waals surface area contributed by atoms with Crippen molar-refractivity contribution in [3.05, 3.63) is 60.6 Å². The van der Waals surface area contributed by atoms with Crippen LogP contribution in [-0.2, 0) is 6.54 Å². The van der Waals surface area contributed by atoms with Gasteiger partial charge < -0.3 is 19.2 Å². The normalized spacial score (nSPS) is 9.95. The topological polar surface area (TPSA) is 60.7 Å². The van der Waals surface area contributed by atoms with Crippen LogP contribution in [0.25, 0.3) is 0 Å². The van der Waals surface area contributed by atoms with E-state index in [-0.39, 0.29) is 5.91 Å². The van der Waals surface area contributed by atoms with Crippen molar-refractivity contribution in [1.82, 2.24) is 5.32 Å². The molecule has 21 heavy (non-hydrogen) atoms. The van der Waals surface area contributed by atoms with Crippen LogP contribution in [0, 0.1) is 0 Å². The summed E-state index contributed by atoms with van der Waals surface area (Å²) in [5.41, 5.74) is 0.490. The first-order chi connectivity index (χ1) is 10.2. The van der Waals surface area contributed by atoms with Crippen molar-refractivity contribution in [2.75, 3.05) is 13.7 Å². The van der Waals surface area contributed by atoms with Gasteiger partial charge in [-0.2, -0.15) is 0 Å². The Hall–Kier alpha value is -2.69. The highest BCUT2D eigenvalue weighted by Crippen LogP contribution is 2.28. The van der Waals surface area contributed by atoms with E-state index in [4.69, 9.17) is 13.9 Å². The van der Waals surface area contributed by atoms with Gasteiger partial charge in [0.05, 0.1) is 19.9 Å². The number of rotatable bonds is 7. The Morgan fingerprint density at radius 3 is 2.90 bits per heavy atom. The molecule has 0 spiro atoms. The minimum atomic E-state index is -0.208. The van der Waals surface area contributed by atoms with Gasteiger partial charge in [0.15, 0.2) is 11.5 Å². The molecule has 1 aromatic carbocycles. The Morgan fingerprint density at radius 1 is 1.38 bits per heavy atom. The van der Waals surface area contributed by atoms with Gasteiger partial charge in [-0.25, -0.2) is 0 Å². The average molecular weight is 287 g/mol. The van der Waals surface area contributed by atoms with E-state index in [1.54, 1.807) is 42.7 Å². The third-order valence-corrected chi connectivity index (χ3v) is 2.79. The van der Waals surface area contributed by atoms with Gasteiger partial charge in [-0.1, -0.05) is 12.7 Å². The highest BCUT2D eigenvalue weighted by atomic mass is 16.5. The van der Waals surface area contributed by atoms with Crippen molar-refractivity contribution >= 4 is 5.91 Å². The summed E-state index contributed by atoms with van der Waals surface area (Å²) >= 11 is 0. The van der Waals surface area contributed by atoms with Gasteiger partial charge in [0.1, 0.15) is 12.4 Å². The molecule has 0 aliphatic carbocycles. The number of benzene rings is 1. The van der Waals surface area contributed by atoms with Gasteiger partial charge in [-0.3, -0.25) is 4.79 Å². The second kappa shape index (κ2) is 7.19. The molecular formula is C16H17NO4. The maximum Gasteiger partial charge on any atom is 0.251 e. The first-order valence-electron chi connectivity index (χ1n) is 6.47. The Balaban J connectivity index is 2.04. The number of methoxy groups -OCH3 is 1. The molecule has 2 aromatic rings. The van der Waals surface area contributed by atoms with Gasteiger partial charge in [-0.05, 0) is 30.3 Å². The van der Waals surface area contributed by atoms with E-state index in [1.807, 2.05) is 0 Å². The summed E-state index contributed by atoms with van der Waals surface area (Å²) in [5.74, 6) is 1.56. The number of hydrogen-bond donors (Lipinski definition) is 1. The van der Waals surface area contributed by atoms with Crippen LogP contribution < -0.4 is 14.8 Å². The van der Waals surface area contributed by atoms with Crippen LogP contribution in [0.15, 0.2) is 53.7 Å². The smallest absolute Gasteiger partial charge is 0.251 e. The summed E-state index contributed by atoms with van der Waals surface area (Å²) < 4.78 is 15.8. The largest absolute Gasteiger partial charge is 0.493 e. The maximum atomic E-state index is 12.1. The summed E-state index contributed by atoms with van der Waals surface area (Å²) in [6, 6.07) is 8.59. The molecule has 5 nitrogen and oxygen atoms in total. The van der Waals surface area contributed by atoms with E-state index in [2.05, 4.69) is 11.9 Å². The molecular weight excluding hydrogens is 270 g/mol. The molecule has 0 bridgehead atoms. The highest BCUT2D eigenvalue weighted by Gasteiger charge is 2.11. The van der Waals surface area contributed by atoms with Crippen LogP contribution in [0.4, 0.5) is 0 Å². The van der Waals surface area contributed by atoms with E-state index in [9.17, 15) is 4.79 Å². The fraction of sp³-hybridized carbons (Fsp3) is 0.188. The number of carbonyl (C=O) groups is 1. The van der Waals surface area contributed by atoms with E-state index in [0.717, 1.165) is 0 Å². The van der Waals surface area contributed by atoms with Crippen LogP contribution in [-0.4, -0.2) is 19.6 Å². The molecule has 5 heteroatoms. The van der Waals surface area contributed by atoms with Crippen molar-refractivity contribution in [1.29, 1.82) is 0 Å². The van der Waals surface area contributed by atoms with Gasteiger partial charge in [0.2, 0.25) is 0 Å². The molecule has 0 radical (unpaired) electrons. The summed E-state index contributed by atoms with van der Waals surface area (Å²) in [6.45, 7) is 4.30. The third-order valence-electron chi connectivity index (χ3n) is 2.79. The molecule has 2 rings (SSSR count). The standard InChI is InChI=1S/C16H17NO4/c1-3-8-21-14-7-6-12(10-15(14)19-2)16(18)17-11-13-5-4-9-20-13/h3-7,9-10H,1,8,11H2,2H3,(H,17,18). The van der Waals surface area contributed by atoms with E-state index < -0.39 is 0 Å². The number of hydrogen-bond acceptors (Lipinski definition) is 4. The molecule has 0 aliphatic heterocycles. The third kappa shape index (κ3) is 3.89. The molecule has 1 aromatic heterocycles. The highest BCUT2D eigenvalue weighted by molar-refractivity contribution is 5.94. The van der Waals surface area contributed by atoms with E-state index >= 15 is 0 Å². The minimum Gasteiger partial charge on any atom is -0.493 e. The molecule has 0 saturated heterocycles. The van der Waals surface area contributed by atoms with E-state index in [0.29, 0.717) is 36.0 Å². The number of ether oxygens (including phenoxy) is 2. The van der Waals surface area contributed by atoms with Gasteiger partial charge in [-0.15, -0.1) is 0 Å². The van der Waals surface area contributed by atoms with Crippen LogP contribution in [0.1, 0.15) is 16.1 Å². The van der Waals surface area contributed by atoms with Crippen molar-refractivity contribution in [2.24, 2.45) is 0 Å². The number of furan rings is 1. The van der Waals surface area contributed by atoms with Gasteiger partial charge in [0.25, 0.3) is 5.91 Å². The fourth-order valence-electron chi connectivity index (χ4n) is 1.76. The Morgan fingerprint density at radius 2 is 2.24 bits per heavy atom. The van der Waals surface area contributed by atoms with Crippen LogP contribution in [0.3, 0.4) is 0 Å². The molecule has 1 amide bonds. The molecule has 0 saturated carbocycles. The first-order valence-corrected chi connectivity index (χ1v) is 6.47. The molecule has 0 aliphatic rings. The molecule has 0 atom stereocenters. The number of carbonyl (C=O) groups excluding carboxylic acids is 1. The Labute approximate surface area is 123 Å². The SMILES string of the molecule is C=CCOc1ccc(C(=O)NCc2ccco2)cc1OC. The summed E-state index contributed by atoms with van der Waals surface area (Å²) in [6.07, 6.45) is 3.21.